The molecule has 0 bridgehead atoms. The van der Waals surface area contributed by atoms with Gasteiger partial charge in [-0.3, -0.25) is 4.84 Å². The van der Waals surface area contributed by atoms with E-state index in [1.54, 1.807) is 7.05 Å². The van der Waals surface area contributed by atoms with Gasteiger partial charge in [-0.05, 0) is 35.4 Å². The first-order chi connectivity index (χ1) is 12.3. The fraction of sp³-hybridized carbons (Fsp3) is 0.294. The molecule has 9 heteroatoms. The van der Waals surface area contributed by atoms with E-state index in [0.29, 0.717) is 11.1 Å². The molecule has 0 unspecified atom stereocenters. The van der Waals surface area contributed by atoms with Gasteiger partial charge in [0.1, 0.15) is 16.9 Å². The van der Waals surface area contributed by atoms with Crippen LogP contribution in [-0.4, -0.2) is 32.4 Å². The van der Waals surface area contributed by atoms with Crippen molar-refractivity contribution < 1.29 is 22.0 Å². The number of halogens is 3. The molecule has 1 saturated heterocycles. The average molecular weight is 403 g/mol. The summed E-state index contributed by atoms with van der Waals surface area (Å²) in [4.78, 5) is 5.38. The molecule has 3 rings (SSSR count). The highest BCUT2D eigenvalue weighted by Gasteiger charge is 2.43. The standard InChI is InChI=1S/C17H17ClF2N2O3S/c1-22-17(12-4-7-15(20)14(18)8-12)16(10-25-22)26(23,24)21-9-11-2-5-13(19)6-3-11/h2-8,16-17,21H,9-10H2,1H3/t16-,17+/m1/s1. The monoisotopic (exact) mass is 402 g/mol. The first-order valence-electron chi connectivity index (χ1n) is 7.81. The van der Waals surface area contributed by atoms with Crippen LogP contribution in [0.25, 0.3) is 0 Å². The maximum absolute atomic E-state index is 13.4. The minimum Gasteiger partial charge on any atom is -0.297 e. The van der Waals surface area contributed by atoms with Crippen LogP contribution in [0.3, 0.4) is 0 Å². The van der Waals surface area contributed by atoms with Gasteiger partial charge in [0, 0.05) is 13.6 Å². The molecule has 0 spiro atoms. The van der Waals surface area contributed by atoms with Crippen molar-refractivity contribution >= 4 is 21.6 Å². The Balaban J connectivity index is 1.80. The van der Waals surface area contributed by atoms with Crippen molar-refractivity contribution in [2.75, 3.05) is 13.7 Å². The van der Waals surface area contributed by atoms with Crippen molar-refractivity contribution in [3.8, 4) is 0 Å². The summed E-state index contributed by atoms with van der Waals surface area (Å²) in [5, 5.41) is 0.429. The number of rotatable bonds is 5. The molecule has 0 saturated carbocycles. The zero-order valence-electron chi connectivity index (χ0n) is 13.8. The fourth-order valence-electron chi connectivity index (χ4n) is 2.87. The van der Waals surface area contributed by atoms with E-state index in [2.05, 4.69) is 4.72 Å². The molecule has 1 aliphatic heterocycles. The van der Waals surface area contributed by atoms with Crippen LogP contribution in [0.1, 0.15) is 17.2 Å². The largest absolute Gasteiger partial charge is 0.297 e. The highest BCUT2D eigenvalue weighted by molar-refractivity contribution is 7.90. The van der Waals surface area contributed by atoms with Gasteiger partial charge >= 0.3 is 0 Å². The van der Waals surface area contributed by atoms with Gasteiger partial charge in [-0.15, -0.1) is 0 Å². The molecule has 0 aliphatic carbocycles. The van der Waals surface area contributed by atoms with Gasteiger partial charge in [0.05, 0.1) is 17.7 Å². The highest BCUT2D eigenvalue weighted by Crippen LogP contribution is 2.34. The summed E-state index contributed by atoms with van der Waals surface area (Å²) < 4.78 is 54.4. The van der Waals surface area contributed by atoms with Crippen molar-refractivity contribution in [1.29, 1.82) is 0 Å². The molecular weight excluding hydrogens is 386 g/mol. The molecule has 2 aromatic carbocycles. The third-order valence-corrected chi connectivity index (χ3v) is 6.29. The first kappa shape index (κ1) is 19.2. The van der Waals surface area contributed by atoms with Crippen LogP contribution >= 0.6 is 11.6 Å². The predicted molar refractivity (Wildman–Crippen MR) is 93.8 cm³/mol. The Morgan fingerprint density at radius 3 is 2.58 bits per heavy atom. The second-order valence-corrected chi connectivity index (χ2v) is 8.38. The van der Waals surface area contributed by atoms with Gasteiger partial charge in [-0.25, -0.2) is 21.9 Å². The Labute approximate surface area is 155 Å². The molecule has 26 heavy (non-hydrogen) atoms. The number of sulfonamides is 1. The molecule has 1 N–H and O–H groups in total. The Kier molecular flexibility index (Phi) is 5.59. The van der Waals surface area contributed by atoms with E-state index in [1.165, 1.54) is 47.5 Å². The van der Waals surface area contributed by atoms with E-state index < -0.39 is 32.9 Å². The summed E-state index contributed by atoms with van der Waals surface area (Å²) in [5.74, 6) is -0.971. The second-order valence-electron chi connectivity index (χ2n) is 5.99. The Bertz CT molecular complexity index is 893. The third kappa shape index (κ3) is 4.05. The van der Waals surface area contributed by atoms with Crippen LogP contribution in [0.2, 0.25) is 5.02 Å². The number of hydrogen-bond donors (Lipinski definition) is 1. The van der Waals surface area contributed by atoms with Gasteiger partial charge in [0.2, 0.25) is 10.0 Å². The Morgan fingerprint density at radius 2 is 1.92 bits per heavy atom. The van der Waals surface area contributed by atoms with Gasteiger partial charge in [0.15, 0.2) is 0 Å². The van der Waals surface area contributed by atoms with Crippen molar-refractivity contribution in [2.24, 2.45) is 0 Å². The van der Waals surface area contributed by atoms with E-state index in [-0.39, 0.29) is 18.2 Å². The van der Waals surface area contributed by atoms with Gasteiger partial charge < -0.3 is 0 Å². The van der Waals surface area contributed by atoms with Crippen LogP contribution in [0.5, 0.6) is 0 Å². The van der Waals surface area contributed by atoms with Crippen molar-refractivity contribution in [3.05, 3.63) is 70.2 Å². The van der Waals surface area contributed by atoms with Crippen LogP contribution in [0.15, 0.2) is 42.5 Å². The van der Waals surface area contributed by atoms with E-state index in [4.69, 9.17) is 16.4 Å². The minimum absolute atomic E-state index is 0.0275. The lowest BCUT2D eigenvalue weighted by Gasteiger charge is -2.23. The summed E-state index contributed by atoms with van der Waals surface area (Å²) in [6.45, 7) is -0.0192. The summed E-state index contributed by atoms with van der Waals surface area (Å²) in [7, 11) is -2.16. The van der Waals surface area contributed by atoms with Crippen molar-refractivity contribution in [3.63, 3.8) is 0 Å². The molecule has 140 valence electrons. The summed E-state index contributed by atoms with van der Waals surface area (Å²) in [6.07, 6.45) is 0. The molecule has 0 amide bonds. The second kappa shape index (κ2) is 7.58. The number of benzene rings is 2. The van der Waals surface area contributed by atoms with Gasteiger partial charge in [-0.2, -0.15) is 5.06 Å². The summed E-state index contributed by atoms with van der Waals surface area (Å²) in [5.41, 5.74) is 1.16. The van der Waals surface area contributed by atoms with Crippen LogP contribution in [0, 0.1) is 11.6 Å². The molecule has 1 fully saturated rings. The minimum atomic E-state index is -3.77. The molecule has 1 heterocycles. The molecule has 0 radical (unpaired) electrons. The van der Waals surface area contributed by atoms with Gasteiger partial charge in [-0.1, -0.05) is 29.8 Å². The number of nitrogens with one attached hydrogen (secondary N) is 1. The maximum Gasteiger partial charge on any atom is 0.219 e. The Morgan fingerprint density at radius 1 is 1.23 bits per heavy atom. The number of nitrogens with zero attached hydrogens (tertiary/aromatic N) is 1. The van der Waals surface area contributed by atoms with Crippen molar-refractivity contribution in [1.82, 2.24) is 9.79 Å². The first-order valence-corrected chi connectivity index (χ1v) is 9.74. The smallest absolute Gasteiger partial charge is 0.219 e. The van der Waals surface area contributed by atoms with E-state index in [9.17, 15) is 17.2 Å². The molecule has 5 nitrogen and oxygen atoms in total. The zero-order chi connectivity index (χ0) is 18.9. The quantitative estimate of drug-likeness (QED) is 0.835. The molecule has 1 aliphatic rings. The SMILES string of the molecule is CN1OC[C@@H](S(=O)(=O)NCc2ccc(F)cc2)[C@@H]1c1ccc(F)c(Cl)c1. The van der Waals surface area contributed by atoms with E-state index in [0.717, 1.165) is 0 Å². The molecule has 2 aromatic rings. The highest BCUT2D eigenvalue weighted by atomic mass is 35.5. The van der Waals surface area contributed by atoms with E-state index >= 15 is 0 Å². The lowest BCUT2D eigenvalue weighted by atomic mass is 10.0. The summed E-state index contributed by atoms with van der Waals surface area (Å²) in [6, 6.07) is 8.98. The van der Waals surface area contributed by atoms with Crippen LogP contribution in [0.4, 0.5) is 8.78 Å². The number of hydroxylamine groups is 2. The Hall–Kier alpha value is -1.58. The fourth-order valence-corrected chi connectivity index (χ4v) is 4.55. The maximum atomic E-state index is 13.4. The van der Waals surface area contributed by atoms with Crippen LogP contribution in [-0.2, 0) is 21.4 Å². The van der Waals surface area contributed by atoms with Crippen molar-refractivity contribution in [2.45, 2.75) is 17.8 Å². The lowest BCUT2D eigenvalue weighted by molar-refractivity contribution is -0.110. The van der Waals surface area contributed by atoms with E-state index in [1.807, 2.05) is 0 Å². The third-order valence-electron chi connectivity index (χ3n) is 4.26. The average Bonchev–Trinajstić information content (AvgIpc) is 2.99. The molecule has 0 aromatic heterocycles. The van der Waals surface area contributed by atoms with Gasteiger partial charge in [0.25, 0.3) is 0 Å². The van der Waals surface area contributed by atoms with Crippen LogP contribution < -0.4 is 4.72 Å². The molecular formula is C17H17ClF2N2O3S. The lowest BCUT2D eigenvalue weighted by Crippen LogP contribution is -2.39. The topological polar surface area (TPSA) is 58.6 Å². The molecule has 2 atom stereocenters. The zero-order valence-corrected chi connectivity index (χ0v) is 15.4. The number of hydrogen-bond acceptors (Lipinski definition) is 4. The summed E-state index contributed by atoms with van der Waals surface area (Å²) >= 11 is 5.83. The predicted octanol–water partition coefficient (Wildman–Crippen LogP) is 3.02. The normalized spacial score (nSPS) is 21.2.